The molecule has 0 radical (unpaired) electrons. The summed E-state index contributed by atoms with van der Waals surface area (Å²) in [6.07, 6.45) is -0.594. The SMILES string of the molecule is CC(c1ccccc1)c1cc(OC(=O)N(C)C)ccc1S(=O)(=O)NCC1CO1. The Morgan fingerprint density at radius 3 is 2.54 bits per heavy atom. The molecule has 2 unspecified atom stereocenters. The zero-order valence-corrected chi connectivity index (χ0v) is 16.9. The van der Waals surface area contributed by atoms with E-state index >= 15 is 0 Å². The lowest BCUT2D eigenvalue weighted by Crippen LogP contribution is -2.29. The minimum Gasteiger partial charge on any atom is -0.410 e. The van der Waals surface area contributed by atoms with E-state index in [1.54, 1.807) is 20.2 Å². The molecule has 1 saturated heterocycles. The minimum absolute atomic E-state index is 0.0647. The average Bonchev–Trinajstić information content (AvgIpc) is 3.51. The van der Waals surface area contributed by atoms with Gasteiger partial charge in [0.25, 0.3) is 0 Å². The fourth-order valence-corrected chi connectivity index (χ4v) is 4.11. The van der Waals surface area contributed by atoms with Crippen molar-refractivity contribution in [3.05, 3.63) is 59.7 Å². The van der Waals surface area contributed by atoms with Crippen LogP contribution in [0.1, 0.15) is 24.0 Å². The monoisotopic (exact) mass is 404 g/mol. The summed E-state index contributed by atoms with van der Waals surface area (Å²) in [5.74, 6) is 0.0731. The standard InChI is InChI=1S/C20H24N2O5S/c1-14(15-7-5-4-6-8-15)18-11-16(27-20(23)22(2)3)9-10-19(18)28(24,25)21-12-17-13-26-17/h4-11,14,17,21H,12-13H2,1-3H3. The molecule has 0 bridgehead atoms. The third kappa shape index (κ3) is 4.89. The molecule has 2 atom stereocenters. The van der Waals surface area contributed by atoms with Crippen LogP contribution in [-0.4, -0.2) is 52.8 Å². The summed E-state index contributed by atoms with van der Waals surface area (Å²) in [7, 11) is -0.578. The Labute approximate surface area is 165 Å². The molecule has 0 spiro atoms. The maximum absolute atomic E-state index is 12.9. The van der Waals surface area contributed by atoms with E-state index in [0.717, 1.165) is 5.56 Å². The molecule has 2 aromatic rings. The van der Waals surface area contributed by atoms with E-state index in [-0.39, 0.29) is 23.5 Å². The van der Waals surface area contributed by atoms with Crippen LogP contribution in [0.25, 0.3) is 0 Å². The Hall–Kier alpha value is -2.42. The number of epoxide rings is 1. The first-order chi connectivity index (χ1) is 13.3. The lowest BCUT2D eigenvalue weighted by molar-refractivity contribution is 0.172. The maximum atomic E-state index is 12.9. The zero-order valence-electron chi connectivity index (χ0n) is 16.1. The van der Waals surface area contributed by atoms with E-state index in [9.17, 15) is 13.2 Å². The first-order valence-electron chi connectivity index (χ1n) is 8.97. The normalized spacial score (nSPS) is 17.0. The second-order valence-corrected chi connectivity index (χ2v) is 8.64. The van der Waals surface area contributed by atoms with Gasteiger partial charge in [-0.1, -0.05) is 37.3 Å². The number of sulfonamides is 1. The van der Waals surface area contributed by atoms with Crippen molar-refractivity contribution in [3.63, 3.8) is 0 Å². The summed E-state index contributed by atoms with van der Waals surface area (Å²) >= 11 is 0. The lowest BCUT2D eigenvalue weighted by Gasteiger charge is -2.19. The molecule has 28 heavy (non-hydrogen) atoms. The van der Waals surface area contributed by atoms with Crippen LogP contribution in [0.15, 0.2) is 53.4 Å². The number of nitrogens with zero attached hydrogens (tertiary/aromatic N) is 1. The van der Waals surface area contributed by atoms with Crippen molar-refractivity contribution in [2.45, 2.75) is 23.8 Å². The number of amides is 1. The second-order valence-electron chi connectivity index (χ2n) is 6.90. The molecule has 150 valence electrons. The number of hydrogen-bond donors (Lipinski definition) is 1. The first-order valence-corrected chi connectivity index (χ1v) is 10.5. The minimum atomic E-state index is -3.74. The highest BCUT2D eigenvalue weighted by molar-refractivity contribution is 7.89. The van der Waals surface area contributed by atoms with Crippen molar-refractivity contribution < 1.29 is 22.7 Å². The molecule has 1 fully saturated rings. The van der Waals surface area contributed by atoms with Crippen LogP contribution in [0.2, 0.25) is 0 Å². The number of ether oxygens (including phenoxy) is 2. The molecular weight excluding hydrogens is 380 g/mol. The summed E-state index contributed by atoms with van der Waals surface area (Å²) < 4.78 is 38.8. The van der Waals surface area contributed by atoms with E-state index in [2.05, 4.69) is 4.72 Å². The molecule has 8 heteroatoms. The van der Waals surface area contributed by atoms with Crippen LogP contribution in [-0.2, 0) is 14.8 Å². The highest BCUT2D eigenvalue weighted by Crippen LogP contribution is 2.32. The van der Waals surface area contributed by atoms with E-state index in [1.165, 1.54) is 17.0 Å². The Balaban J connectivity index is 1.98. The quantitative estimate of drug-likeness (QED) is 0.717. The van der Waals surface area contributed by atoms with Gasteiger partial charge in [-0.15, -0.1) is 0 Å². The van der Waals surface area contributed by atoms with E-state index in [4.69, 9.17) is 9.47 Å². The fourth-order valence-electron chi connectivity index (χ4n) is 2.75. The van der Waals surface area contributed by atoms with Crippen LogP contribution in [0.3, 0.4) is 0 Å². The highest BCUT2D eigenvalue weighted by atomic mass is 32.2. The highest BCUT2D eigenvalue weighted by Gasteiger charge is 2.28. The van der Waals surface area contributed by atoms with E-state index < -0.39 is 16.1 Å². The molecule has 1 amide bonds. The van der Waals surface area contributed by atoms with Crippen molar-refractivity contribution in [1.29, 1.82) is 0 Å². The zero-order chi connectivity index (χ0) is 20.3. The number of carbonyl (C=O) groups is 1. The molecule has 2 aromatic carbocycles. The van der Waals surface area contributed by atoms with Crippen molar-refractivity contribution in [2.75, 3.05) is 27.2 Å². The number of nitrogens with one attached hydrogen (secondary N) is 1. The predicted molar refractivity (Wildman–Crippen MR) is 105 cm³/mol. The Morgan fingerprint density at radius 2 is 1.93 bits per heavy atom. The molecule has 1 N–H and O–H groups in total. The number of hydrogen-bond acceptors (Lipinski definition) is 5. The molecular formula is C20H24N2O5S. The summed E-state index contributed by atoms with van der Waals surface area (Å²) in [5.41, 5.74) is 1.51. The van der Waals surface area contributed by atoms with Gasteiger partial charge in [0.15, 0.2) is 0 Å². The van der Waals surface area contributed by atoms with Crippen molar-refractivity contribution >= 4 is 16.1 Å². The Bertz CT molecular complexity index is 940. The van der Waals surface area contributed by atoms with Crippen LogP contribution >= 0.6 is 0 Å². The van der Waals surface area contributed by atoms with Gasteiger partial charge in [0.05, 0.1) is 17.6 Å². The van der Waals surface area contributed by atoms with E-state index in [0.29, 0.717) is 17.9 Å². The molecule has 0 aromatic heterocycles. The van der Waals surface area contributed by atoms with Crippen LogP contribution < -0.4 is 9.46 Å². The predicted octanol–water partition coefficient (Wildman–Crippen LogP) is 2.58. The number of rotatable bonds is 7. The molecule has 1 aliphatic rings. The first kappa shape index (κ1) is 20.3. The summed E-state index contributed by atoms with van der Waals surface area (Å²) in [6.45, 7) is 2.72. The van der Waals surface area contributed by atoms with Gasteiger partial charge in [0.1, 0.15) is 5.75 Å². The van der Waals surface area contributed by atoms with Gasteiger partial charge >= 0.3 is 6.09 Å². The van der Waals surface area contributed by atoms with Gasteiger partial charge in [0.2, 0.25) is 10.0 Å². The second kappa shape index (κ2) is 8.30. The topological polar surface area (TPSA) is 88.2 Å². The van der Waals surface area contributed by atoms with E-state index in [1.807, 2.05) is 37.3 Å². The van der Waals surface area contributed by atoms with Gasteiger partial charge in [-0.05, 0) is 29.3 Å². The fraction of sp³-hybridized carbons (Fsp3) is 0.350. The summed E-state index contributed by atoms with van der Waals surface area (Å²) in [5, 5.41) is 0. The molecule has 3 rings (SSSR count). The largest absolute Gasteiger partial charge is 0.414 e. The average molecular weight is 404 g/mol. The van der Waals surface area contributed by atoms with Gasteiger partial charge in [-0.2, -0.15) is 0 Å². The van der Waals surface area contributed by atoms with Gasteiger partial charge in [0, 0.05) is 26.6 Å². The Kier molecular flexibility index (Phi) is 6.02. The molecule has 1 heterocycles. The van der Waals surface area contributed by atoms with Gasteiger partial charge < -0.3 is 14.4 Å². The van der Waals surface area contributed by atoms with Gasteiger partial charge in [-0.3, -0.25) is 0 Å². The molecule has 0 aliphatic carbocycles. The molecule has 7 nitrogen and oxygen atoms in total. The summed E-state index contributed by atoms with van der Waals surface area (Å²) in [4.78, 5) is 13.4. The lowest BCUT2D eigenvalue weighted by atomic mass is 9.93. The van der Waals surface area contributed by atoms with Crippen LogP contribution in [0.4, 0.5) is 4.79 Å². The van der Waals surface area contributed by atoms with Gasteiger partial charge in [-0.25, -0.2) is 17.9 Å². The number of benzene rings is 2. The van der Waals surface area contributed by atoms with Crippen LogP contribution in [0, 0.1) is 0 Å². The van der Waals surface area contributed by atoms with Crippen molar-refractivity contribution in [2.24, 2.45) is 0 Å². The Morgan fingerprint density at radius 1 is 1.25 bits per heavy atom. The third-order valence-corrected chi connectivity index (χ3v) is 6.01. The third-order valence-electron chi connectivity index (χ3n) is 4.51. The van der Waals surface area contributed by atoms with Crippen molar-refractivity contribution in [3.8, 4) is 5.75 Å². The smallest absolute Gasteiger partial charge is 0.410 e. The molecule has 1 aliphatic heterocycles. The summed E-state index contributed by atoms with van der Waals surface area (Å²) in [6, 6.07) is 14.2. The maximum Gasteiger partial charge on any atom is 0.414 e. The number of carbonyl (C=O) groups excluding carboxylic acids is 1. The van der Waals surface area contributed by atoms with Crippen molar-refractivity contribution in [1.82, 2.24) is 9.62 Å². The molecule has 0 saturated carbocycles. The van der Waals surface area contributed by atoms with Crippen LogP contribution in [0.5, 0.6) is 5.75 Å².